The molecule has 37 heavy (non-hydrogen) atoms. The third-order valence-corrected chi connectivity index (χ3v) is 6.44. The van der Waals surface area contributed by atoms with Crippen LogP contribution >= 0.6 is 0 Å². The number of ether oxygens (including phenoxy) is 4. The molecule has 0 radical (unpaired) electrons. The minimum absolute atomic E-state index is 0.467. The SMILES string of the molecule is CCCc1c(OCCCOc2ccc(-c3cocn3)c(OC)c2CCC)ccc2c1OC(C(=O)O)CC2. The molecule has 1 atom stereocenters. The largest absolute Gasteiger partial charge is 0.496 e. The molecule has 0 saturated carbocycles. The maximum Gasteiger partial charge on any atom is 0.344 e. The molecule has 1 aromatic heterocycles. The van der Waals surface area contributed by atoms with Gasteiger partial charge in [0.05, 0.1) is 20.3 Å². The fourth-order valence-electron chi connectivity index (χ4n) is 4.72. The third-order valence-electron chi connectivity index (χ3n) is 6.44. The summed E-state index contributed by atoms with van der Waals surface area (Å²) in [5.41, 5.74) is 4.60. The number of carbonyl (C=O) groups is 1. The van der Waals surface area contributed by atoms with Gasteiger partial charge in [-0.25, -0.2) is 9.78 Å². The van der Waals surface area contributed by atoms with E-state index in [9.17, 15) is 9.90 Å². The van der Waals surface area contributed by atoms with Crippen molar-refractivity contribution in [2.75, 3.05) is 20.3 Å². The highest BCUT2D eigenvalue weighted by Crippen LogP contribution is 2.40. The van der Waals surface area contributed by atoms with E-state index in [1.165, 1.54) is 6.39 Å². The van der Waals surface area contributed by atoms with Crippen LogP contribution in [-0.2, 0) is 24.1 Å². The molecule has 4 rings (SSSR count). The molecule has 0 fully saturated rings. The molecule has 0 aliphatic carbocycles. The van der Waals surface area contributed by atoms with E-state index in [1.54, 1.807) is 13.4 Å². The predicted molar refractivity (Wildman–Crippen MR) is 139 cm³/mol. The first kappa shape index (κ1) is 26.4. The summed E-state index contributed by atoms with van der Waals surface area (Å²) < 4.78 is 29.1. The predicted octanol–water partition coefficient (Wildman–Crippen LogP) is 5.88. The highest BCUT2D eigenvalue weighted by atomic mass is 16.5. The second-order valence-corrected chi connectivity index (χ2v) is 9.06. The van der Waals surface area contributed by atoms with E-state index in [-0.39, 0.29) is 0 Å². The lowest BCUT2D eigenvalue weighted by atomic mass is 9.96. The van der Waals surface area contributed by atoms with Crippen molar-refractivity contribution in [3.8, 4) is 34.3 Å². The smallest absolute Gasteiger partial charge is 0.344 e. The Labute approximate surface area is 217 Å². The van der Waals surface area contributed by atoms with Crippen molar-refractivity contribution in [2.24, 2.45) is 0 Å². The van der Waals surface area contributed by atoms with E-state index in [1.807, 2.05) is 24.3 Å². The first-order valence-electron chi connectivity index (χ1n) is 13.0. The molecule has 1 aliphatic rings. The average Bonchev–Trinajstić information content (AvgIpc) is 3.44. The topological polar surface area (TPSA) is 100 Å². The Bertz CT molecular complexity index is 1190. The van der Waals surface area contributed by atoms with Crippen molar-refractivity contribution in [1.29, 1.82) is 0 Å². The molecule has 1 unspecified atom stereocenters. The second kappa shape index (κ2) is 12.5. The van der Waals surface area contributed by atoms with Gasteiger partial charge in [0.25, 0.3) is 0 Å². The van der Waals surface area contributed by atoms with Crippen molar-refractivity contribution >= 4 is 5.97 Å². The molecule has 3 aromatic rings. The van der Waals surface area contributed by atoms with E-state index in [0.29, 0.717) is 38.2 Å². The summed E-state index contributed by atoms with van der Waals surface area (Å²) in [5.74, 6) is 2.04. The van der Waals surface area contributed by atoms with E-state index >= 15 is 0 Å². The number of nitrogens with zero attached hydrogens (tertiary/aromatic N) is 1. The summed E-state index contributed by atoms with van der Waals surface area (Å²) in [6, 6.07) is 7.85. The van der Waals surface area contributed by atoms with Gasteiger partial charge in [-0.05, 0) is 49.4 Å². The number of carboxylic acid groups (broad SMARTS) is 1. The van der Waals surface area contributed by atoms with Gasteiger partial charge in [0.1, 0.15) is 35.0 Å². The molecule has 0 amide bonds. The van der Waals surface area contributed by atoms with Crippen molar-refractivity contribution in [2.45, 2.75) is 64.9 Å². The molecular weight excluding hydrogens is 474 g/mol. The first-order chi connectivity index (χ1) is 18.1. The van der Waals surface area contributed by atoms with Crippen molar-refractivity contribution < 1.29 is 33.3 Å². The summed E-state index contributed by atoms with van der Waals surface area (Å²) in [5, 5.41) is 9.41. The molecule has 8 heteroatoms. The quantitative estimate of drug-likeness (QED) is 0.285. The number of hydrogen-bond donors (Lipinski definition) is 1. The maximum absolute atomic E-state index is 11.5. The van der Waals surface area contributed by atoms with Gasteiger partial charge in [0, 0.05) is 23.1 Å². The van der Waals surface area contributed by atoms with E-state index < -0.39 is 12.1 Å². The Morgan fingerprint density at radius 3 is 2.41 bits per heavy atom. The number of oxazole rings is 1. The van der Waals surface area contributed by atoms with Crippen LogP contribution in [0, 0.1) is 0 Å². The van der Waals surface area contributed by atoms with E-state index in [4.69, 9.17) is 23.4 Å². The van der Waals surface area contributed by atoms with Crippen LogP contribution in [0.2, 0.25) is 0 Å². The van der Waals surface area contributed by atoms with Gasteiger partial charge in [-0.1, -0.05) is 32.8 Å². The number of carboxylic acids is 1. The number of hydrogen-bond acceptors (Lipinski definition) is 7. The number of rotatable bonds is 13. The van der Waals surface area contributed by atoms with Gasteiger partial charge in [0.2, 0.25) is 0 Å². The lowest BCUT2D eigenvalue weighted by Gasteiger charge is -2.26. The highest BCUT2D eigenvalue weighted by molar-refractivity contribution is 5.74. The standard InChI is InChI=1S/C29H35NO7/c1-4-7-21-24(12-9-19-10-13-26(29(31)32)37-27(19)21)35-15-6-16-36-25-14-11-20(23-17-34-18-30-23)28(33-3)22(25)8-5-2/h9,11-12,14,17-18,26H,4-8,10,13,15-16H2,1-3H3,(H,31,32). The van der Waals surface area contributed by atoms with Crippen molar-refractivity contribution in [1.82, 2.24) is 4.98 Å². The molecule has 198 valence electrons. The van der Waals surface area contributed by atoms with Crippen LogP contribution in [0.5, 0.6) is 23.0 Å². The molecule has 0 bridgehead atoms. The number of methoxy groups -OCH3 is 1. The van der Waals surface area contributed by atoms with Crippen LogP contribution in [0.15, 0.2) is 41.3 Å². The van der Waals surface area contributed by atoms with Crippen LogP contribution in [0.25, 0.3) is 11.3 Å². The van der Waals surface area contributed by atoms with Gasteiger partial charge in [-0.15, -0.1) is 0 Å². The Morgan fingerprint density at radius 1 is 1.05 bits per heavy atom. The molecule has 0 saturated heterocycles. The molecular formula is C29H35NO7. The molecule has 1 N–H and O–H groups in total. The van der Waals surface area contributed by atoms with Gasteiger partial charge in [-0.2, -0.15) is 0 Å². The average molecular weight is 510 g/mol. The first-order valence-corrected chi connectivity index (χ1v) is 13.0. The van der Waals surface area contributed by atoms with Crippen LogP contribution in [0.3, 0.4) is 0 Å². The van der Waals surface area contributed by atoms with Crippen molar-refractivity contribution in [3.63, 3.8) is 0 Å². The lowest BCUT2D eigenvalue weighted by Crippen LogP contribution is -2.31. The summed E-state index contributed by atoms with van der Waals surface area (Å²) in [6.45, 7) is 5.16. The summed E-state index contributed by atoms with van der Waals surface area (Å²) in [6.07, 6.45) is 7.48. The number of aryl methyl sites for hydroxylation is 1. The minimum Gasteiger partial charge on any atom is -0.496 e. The maximum atomic E-state index is 11.5. The Hall–Kier alpha value is -3.68. The Balaban J connectivity index is 1.41. The molecule has 2 heterocycles. The van der Waals surface area contributed by atoms with Crippen LogP contribution in [0.1, 0.15) is 56.2 Å². The van der Waals surface area contributed by atoms with Gasteiger partial charge >= 0.3 is 5.97 Å². The molecule has 0 spiro atoms. The lowest BCUT2D eigenvalue weighted by molar-refractivity contribution is -0.145. The third kappa shape index (κ3) is 6.01. The Kier molecular flexibility index (Phi) is 8.93. The summed E-state index contributed by atoms with van der Waals surface area (Å²) >= 11 is 0. The monoisotopic (exact) mass is 509 g/mol. The highest BCUT2D eigenvalue weighted by Gasteiger charge is 2.28. The second-order valence-electron chi connectivity index (χ2n) is 9.06. The van der Waals surface area contributed by atoms with E-state index in [2.05, 4.69) is 18.8 Å². The molecule has 2 aromatic carbocycles. The van der Waals surface area contributed by atoms with Crippen LogP contribution < -0.4 is 18.9 Å². The molecule has 1 aliphatic heterocycles. The summed E-state index contributed by atoms with van der Waals surface area (Å²) in [7, 11) is 1.66. The number of fused-ring (bicyclic) bond motifs is 1. The fraction of sp³-hybridized carbons (Fsp3) is 0.448. The minimum atomic E-state index is -0.926. The normalized spacial score (nSPS) is 14.5. The van der Waals surface area contributed by atoms with Gasteiger partial charge in [0.15, 0.2) is 12.5 Å². The van der Waals surface area contributed by atoms with Crippen molar-refractivity contribution in [3.05, 3.63) is 53.6 Å². The van der Waals surface area contributed by atoms with Crippen LogP contribution in [0.4, 0.5) is 0 Å². The van der Waals surface area contributed by atoms with E-state index in [0.717, 1.165) is 70.9 Å². The zero-order valence-corrected chi connectivity index (χ0v) is 21.7. The molecule has 8 nitrogen and oxygen atoms in total. The van der Waals surface area contributed by atoms with Crippen LogP contribution in [-0.4, -0.2) is 42.5 Å². The van der Waals surface area contributed by atoms with Gasteiger partial charge in [-0.3, -0.25) is 0 Å². The zero-order valence-electron chi connectivity index (χ0n) is 21.7. The number of benzene rings is 2. The Morgan fingerprint density at radius 2 is 1.76 bits per heavy atom. The fourth-order valence-corrected chi connectivity index (χ4v) is 4.72. The number of aliphatic carboxylic acids is 1. The number of aromatic nitrogens is 1. The summed E-state index contributed by atoms with van der Waals surface area (Å²) in [4.78, 5) is 15.7. The van der Waals surface area contributed by atoms with Gasteiger partial charge < -0.3 is 28.5 Å². The zero-order chi connectivity index (χ0) is 26.2.